The van der Waals surface area contributed by atoms with Crippen molar-refractivity contribution in [2.24, 2.45) is 5.92 Å². The lowest BCUT2D eigenvalue weighted by molar-refractivity contribution is -0.120. The first-order valence-corrected chi connectivity index (χ1v) is 10.4. The number of nitrogens with zero attached hydrogens (tertiary/aromatic N) is 2. The third-order valence-electron chi connectivity index (χ3n) is 5.44. The second-order valence-electron chi connectivity index (χ2n) is 7.82. The maximum atomic E-state index is 13.2. The van der Waals surface area contributed by atoms with Crippen LogP contribution in [0.1, 0.15) is 30.1 Å². The van der Waals surface area contributed by atoms with Crippen molar-refractivity contribution in [3.63, 3.8) is 0 Å². The number of piperidine rings is 1. The summed E-state index contributed by atoms with van der Waals surface area (Å²) >= 11 is 6.15. The van der Waals surface area contributed by atoms with Crippen LogP contribution in [-0.2, 0) is 9.59 Å². The van der Waals surface area contributed by atoms with Gasteiger partial charge in [-0.15, -0.1) is 0 Å². The molecule has 0 spiro atoms. The summed E-state index contributed by atoms with van der Waals surface area (Å²) in [5.74, 6) is -1.44. The van der Waals surface area contributed by atoms with E-state index in [0.717, 1.165) is 36.4 Å². The van der Waals surface area contributed by atoms with Crippen LogP contribution in [0.3, 0.4) is 0 Å². The van der Waals surface area contributed by atoms with Crippen LogP contribution < -0.4 is 10.2 Å². The second-order valence-corrected chi connectivity index (χ2v) is 8.19. The Labute approximate surface area is 184 Å². The van der Waals surface area contributed by atoms with E-state index in [-0.39, 0.29) is 22.3 Å². The number of likely N-dealkylation sites (tertiary alicyclic amines) is 1. The number of carbonyl (C=O) groups excluding carboxylic acids is 3. The Bertz CT molecular complexity index is 1080. The van der Waals surface area contributed by atoms with Crippen LogP contribution in [0.2, 0.25) is 0 Å². The van der Waals surface area contributed by atoms with Crippen molar-refractivity contribution in [3.05, 3.63) is 70.6 Å². The number of anilines is 2. The Morgan fingerprint density at radius 2 is 1.87 bits per heavy atom. The van der Waals surface area contributed by atoms with E-state index in [1.54, 1.807) is 24.3 Å². The standard InChI is InChI=1S/C23H21ClFN3O3/c1-14-4-3-11-27(13-14)21(29)15-5-2-6-17(12-15)26-20-19(24)22(30)28(23(20)31)18-9-7-16(25)8-10-18/h2,5-10,12,14,26H,3-4,11,13H2,1H3. The third-order valence-corrected chi connectivity index (χ3v) is 5.79. The Hall–Kier alpha value is -3.19. The number of amides is 3. The predicted molar refractivity (Wildman–Crippen MR) is 116 cm³/mol. The SMILES string of the molecule is CC1CCCN(C(=O)c2cccc(NC3=C(Cl)C(=O)N(c4ccc(F)cc4)C3=O)c2)C1. The molecule has 2 aliphatic heterocycles. The van der Waals surface area contributed by atoms with Gasteiger partial charge in [0.15, 0.2) is 0 Å². The molecule has 2 aromatic carbocycles. The molecule has 1 saturated heterocycles. The van der Waals surface area contributed by atoms with Crippen LogP contribution in [0.15, 0.2) is 59.3 Å². The summed E-state index contributed by atoms with van der Waals surface area (Å²) < 4.78 is 13.2. The van der Waals surface area contributed by atoms with Crippen molar-refractivity contribution < 1.29 is 18.8 Å². The lowest BCUT2D eigenvalue weighted by Gasteiger charge is -2.31. The number of imide groups is 1. The zero-order valence-electron chi connectivity index (χ0n) is 16.9. The summed E-state index contributed by atoms with van der Waals surface area (Å²) in [5.41, 5.74) is 1.08. The third kappa shape index (κ3) is 4.18. The van der Waals surface area contributed by atoms with Gasteiger partial charge >= 0.3 is 0 Å². The summed E-state index contributed by atoms with van der Waals surface area (Å²) in [5, 5.41) is 2.61. The fourth-order valence-corrected chi connectivity index (χ4v) is 4.08. The number of nitrogens with one attached hydrogen (secondary N) is 1. The highest BCUT2D eigenvalue weighted by Gasteiger charge is 2.39. The van der Waals surface area contributed by atoms with Gasteiger partial charge in [-0.1, -0.05) is 24.6 Å². The molecule has 6 nitrogen and oxygen atoms in total. The molecule has 4 rings (SSSR count). The fraction of sp³-hybridized carbons (Fsp3) is 0.261. The van der Waals surface area contributed by atoms with E-state index in [4.69, 9.17) is 11.6 Å². The Balaban J connectivity index is 1.54. The number of hydrogen-bond donors (Lipinski definition) is 1. The topological polar surface area (TPSA) is 69.7 Å². The lowest BCUT2D eigenvalue weighted by Crippen LogP contribution is -2.39. The molecule has 0 saturated carbocycles. The highest BCUT2D eigenvalue weighted by atomic mass is 35.5. The Morgan fingerprint density at radius 1 is 1.13 bits per heavy atom. The number of halogens is 2. The van der Waals surface area contributed by atoms with Gasteiger partial charge in [0.25, 0.3) is 17.7 Å². The summed E-state index contributed by atoms with van der Waals surface area (Å²) in [7, 11) is 0. The molecule has 160 valence electrons. The number of benzene rings is 2. The molecule has 2 aliphatic rings. The first-order valence-electron chi connectivity index (χ1n) is 10.1. The van der Waals surface area contributed by atoms with Gasteiger partial charge in [0, 0.05) is 24.3 Å². The van der Waals surface area contributed by atoms with Crippen LogP contribution in [-0.4, -0.2) is 35.7 Å². The Kier molecular flexibility index (Phi) is 5.78. The van der Waals surface area contributed by atoms with Gasteiger partial charge in [0.2, 0.25) is 0 Å². The van der Waals surface area contributed by atoms with Gasteiger partial charge in [0.05, 0.1) is 5.69 Å². The van der Waals surface area contributed by atoms with Gasteiger partial charge in [-0.3, -0.25) is 14.4 Å². The first-order chi connectivity index (χ1) is 14.8. The van der Waals surface area contributed by atoms with E-state index >= 15 is 0 Å². The smallest absolute Gasteiger partial charge is 0.283 e. The maximum absolute atomic E-state index is 13.2. The number of hydrogen-bond acceptors (Lipinski definition) is 4. The summed E-state index contributed by atoms with van der Waals surface area (Å²) in [6.45, 7) is 3.56. The first kappa shape index (κ1) is 21.1. The van der Waals surface area contributed by atoms with Crippen molar-refractivity contribution in [1.82, 2.24) is 4.90 Å². The molecule has 2 heterocycles. The van der Waals surface area contributed by atoms with Crippen LogP contribution in [0.25, 0.3) is 0 Å². The fourth-order valence-electron chi connectivity index (χ4n) is 3.87. The molecule has 1 fully saturated rings. The summed E-state index contributed by atoms with van der Waals surface area (Å²) in [6.07, 6.45) is 2.09. The molecule has 8 heteroatoms. The normalized spacial score (nSPS) is 19.3. The van der Waals surface area contributed by atoms with Crippen LogP contribution in [0.5, 0.6) is 0 Å². The molecular weight excluding hydrogens is 421 g/mol. The van der Waals surface area contributed by atoms with Crippen LogP contribution in [0, 0.1) is 11.7 Å². The molecule has 0 aliphatic carbocycles. The summed E-state index contributed by atoms with van der Waals surface area (Å²) in [4.78, 5) is 41.0. The zero-order chi connectivity index (χ0) is 22.1. The molecule has 3 amide bonds. The van der Waals surface area contributed by atoms with E-state index in [1.165, 1.54) is 12.1 Å². The maximum Gasteiger partial charge on any atom is 0.283 e. The van der Waals surface area contributed by atoms with E-state index in [2.05, 4.69) is 12.2 Å². The molecular formula is C23H21ClFN3O3. The molecule has 0 aromatic heterocycles. The molecule has 31 heavy (non-hydrogen) atoms. The monoisotopic (exact) mass is 441 g/mol. The molecule has 1 atom stereocenters. The van der Waals surface area contributed by atoms with Gasteiger partial charge in [-0.2, -0.15) is 0 Å². The quantitative estimate of drug-likeness (QED) is 0.724. The van der Waals surface area contributed by atoms with Crippen molar-refractivity contribution in [2.45, 2.75) is 19.8 Å². The van der Waals surface area contributed by atoms with Crippen LogP contribution in [0.4, 0.5) is 15.8 Å². The second kappa shape index (κ2) is 8.51. The zero-order valence-corrected chi connectivity index (χ0v) is 17.7. The highest BCUT2D eigenvalue weighted by molar-refractivity contribution is 6.53. The van der Waals surface area contributed by atoms with Crippen molar-refractivity contribution in [2.75, 3.05) is 23.3 Å². The van der Waals surface area contributed by atoms with Crippen LogP contribution >= 0.6 is 11.6 Å². The summed E-state index contributed by atoms with van der Waals surface area (Å²) in [6, 6.07) is 11.7. The molecule has 0 bridgehead atoms. The van der Waals surface area contributed by atoms with E-state index in [9.17, 15) is 18.8 Å². The predicted octanol–water partition coefficient (Wildman–Crippen LogP) is 4.13. The molecule has 2 aromatic rings. The minimum absolute atomic E-state index is 0.0722. The highest BCUT2D eigenvalue weighted by Crippen LogP contribution is 2.30. The largest absolute Gasteiger partial charge is 0.350 e. The molecule has 1 unspecified atom stereocenters. The van der Waals surface area contributed by atoms with Gasteiger partial charge in [-0.05, 0) is 61.2 Å². The van der Waals surface area contributed by atoms with Crippen molar-refractivity contribution in [1.29, 1.82) is 0 Å². The van der Waals surface area contributed by atoms with Crippen molar-refractivity contribution >= 4 is 40.7 Å². The molecule has 0 radical (unpaired) electrons. The Morgan fingerprint density at radius 3 is 2.58 bits per heavy atom. The van der Waals surface area contributed by atoms with E-state index in [0.29, 0.717) is 23.7 Å². The lowest BCUT2D eigenvalue weighted by atomic mass is 9.99. The van der Waals surface area contributed by atoms with Gasteiger partial charge < -0.3 is 10.2 Å². The van der Waals surface area contributed by atoms with Crippen molar-refractivity contribution in [3.8, 4) is 0 Å². The average molecular weight is 442 g/mol. The number of carbonyl (C=O) groups is 3. The van der Waals surface area contributed by atoms with E-state index < -0.39 is 17.6 Å². The minimum atomic E-state index is -0.699. The van der Waals surface area contributed by atoms with Gasteiger partial charge in [-0.25, -0.2) is 9.29 Å². The van der Waals surface area contributed by atoms with Gasteiger partial charge in [0.1, 0.15) is 16.5 Å². The number of rotatable bonds is 4. The molecule has 1 N–H and O–H groups in total. The average Bonchev–Trinajstić information content (AvgIpc) is 2.97. The van der Waals surface area contributed by atoms with E-state index in [1.807, 2.05) is 4.90 Å². The minimum Gasteiger partial charge on any atom is -0.350 e.